The van der Waals surface area contributed by atoms with Gasteiger partial charge in [-0.3, -0.25) is 24.0 Å². The average molecular weight is 412 g/mol. The number of hydrogen-bond acceptors (Lipinski definition) is 5. The first-order valence-electron chi connectivity index (χ1n) is 10.1. The van der Waals surface area contributed by atoms with E-state index in [9.17, 15) is 19.2 Å². The average Bonchev–Trinajstić information content (AvgIpc) is 2.98. The number of para-hydroxylation sites is 1. The first kappa shape index (κ1) is 19.9. The van der Waals surface area contributed by atoms with Crippen molar-refractivity contribution in [1.29, 1.82) is 0 Å². The molecule has 9 nitrogen and oxygen atoms in total. The number of carboxylic acid groups (broad SMARTS) is 1. The van der Waals surface area contributed by atoms with E-state index in [1.54, 1.807) is 17.7 Å². The van der Waals surface area contributed by atoms with Gasteiger partial charge in [-0.15, -0.1) is 0 Å². The molecule has 0 radical (unpaired) electrons. The molecule has 9 heteroatoms. The van der Waals surface area contributed by atoms with E-state index in [0.717, 1.165) is 37.1 Å². The number of piperidine rings is 2. The Bertz CT molecular complexity index is 1100. The SMILES string of the molecule is Cn1c(=O)n(C2CCC(=O)NC2=O)c2cccc(N3CCC(/C=C/C(=O)O)CC3)c21. The van der Waals surface area contributed by atoms with Crippen LogP contribution in [0, 0.1) is 5.92 Å². The van der Waals surface area contributed by atoms with Crippen LogP contribution >= 0.6 is 0 Å². The summed E-state index contributed by atoms with van der Waals surface area (Å²) < 4.78 is 3.05. The van der Waals surface area contributed by atoms with E-state index in [1.807, 2.05) is 18.2 Å². The van der Waals surface area contributed by atoms with Gasteiger partial charge in [0.1, 0.15) is 6.04 Å². The molecular weight excluding hydrogens is 388 g/mol. The minimum Gasteiger partial charge on any atom is -0.478 e. The maximum absolute atomic E-state index is 13.0. The lowest BCUT2D eigenvalue weighted by Gasteiger charge is -2.33. The molecule has 0 aliphatic carbocycles. The number of benzene rings is 1. The molecule has 0 saturated carbocycles. The van der Waals surface area contributed by atoms with Crippen molar-refractivity contribution < 1.29 is 19.5 Å². The molecule has 1 aromatic carbocycles. The number of imidazole rings is 1. The number of imide groups is 1. The fourth-order valence-corrected chi connectivity index (χ4v) is 4.45. The fraction of sp³-hybridized carbons (Fsp3) is 0.429. The zero-order valence-corrected chi connectivity index (χ0v) is 16.7. The molecule has 2 fully saturated rings. The molecule has 3 heterocycles. The number of aryl methyl sites for hydroxylation is 1. The largest absolute Gasteiger partial charge is 0.478 e. The van der Waals surface area contributed by atoms with Crippen LogP contribution in [0.5, 0.6) is 0 Å². The van der Waals surface area contributed by atoms with Crippen LogP contribution in [0.15, 0.2) is 35.1 Å². The molecule has 2 aliphatic heterocycles. The second-order valence-corrected chi connectivity index (χ2v) is 7.85. The van der Waals surface area contributed by atoms with Crippen molar-refractivity contribution in [2.24, 2.45) is 13.0 Å². The van der Waals surface area contributed by atoms with Gasteiger partial charge in [-0.25, -0.2) is 9.59 Å². The van der Waals surface area contributed by atoms with E-state index >= 15 is 0 Å². The zero-order valence-electron chi connectivity index (χ0n) is 16.7. The molecule has 0 spiro atoms. The maximum Gasteiger partial charge on any atom is 0.329 e. The molecule has 4 rings (SSSR count). The number of fused-ring (bicyclic) bond motifs is 1. The van der Waals surface area contributed by atoms with Gasteiger partial charge in [0.2, 0.25) is 11.8 Å². The van der Waals surface area contributed by atoms with Crippen LogP contribution in [0.3, 0.4) is 0 Å². The van der Waals surface area contributed by atoms with Crippen molar-refractivity contribution in [2.75, 3.05) is 18.0 Å². The first-order chi connectivity index (χ1) is 14.4. The van der Waals surface area contributed by atoms with Crippen molar-refractivity contribution in [3.63, 3.8) is 0 Å². The standard InChI is InChI=1S/C21H24N4O5/c1-23-19-14(24-11-9-13(10-12-24)5-8-18(27)28)3-2-4-15(19)25(21(23)30)16-6-7-17(26)22-20(16)29/h2-5,8,13,16H,6-7,9-12H2,1H3,(H,27,28)(H,22,26,29)/b8-5+. The summed E-state index contributed by atoms with van der Waals surface area (Å²) in [5, 5.41) is 11.1. The van der Waals surface area contributed by atoms with E-state index < -0.39 is 17.9 Å². The number of anilines is 1. The minimum atomic E-state index is -0.938. The Morgan fingerprint density at radius 1 is 1.17 bits per heavy atom. The number of nitrogens with zero attached hydrogens (tertiary/aromatic N) is 3. The Kier molecular flexibility index (Phi) is 5.19. The molecular formula is C21H24N4O5. The summed E-state index contributed by atoms with van der Waals surface area (Å²) in [5.41, 5.74) is 2.05. The number of carboxylic acids is 1. The van der Waals surface area contributed by atoms with Crippen molar-refractivity contribution in [2.45, 2.75) is 31.7 Å². The van der Waals surface area contributed by atoms with Crippen LogP contribution in [0.4, 0.5) is 5.69 Å². The summed E-state index contributed by atoms with van der Waals surface area (Å²) in [6, 6.07) is 4.95. The van der Waals surface area contributed by atoms with Gasteiger partial charge in [0.15, 0.2) is 0 Å². The third-order valence-electron chi connectivity index (χ3n) is 5.99. The highest BCUT2D eigenvalue weighted by atomic mass is 16.4. The molecule has 2 saturated heterocycles. The highest BCUT2D eigenvalue weighted by Gasteiger charge is 2.32. The first-order valence-corrected chi connectivity index (χ1v) is 10.1. The van der Waals surface area contributed by atoms with E-state index in [-0.39, 0.29) is 23.9 Å². The Hall–Kier alpha value is -3.36. The number of allylic oxidation sites excluding steroid dienone is 1. The van der Waals surface area contributed by atoms with E-state index in [1.165, 1.54) is 10.6 Å². The molecule has 1 aromatic heterocycles. The molecule has 2 aliphatic rings. The van der Waals surface area contributed by atoms with E-state index in [2.05, 4.69) is 10.2 Å². The summed E-state index contributed by atoms with van der Waals surface area (Å²) in [5.74, 6) is -1.48. The molecule has 2 aromatic rings. The summed E-state index contributed by atoms with van der Waals surface area (Å²) in [7, 11) is 1.69. The number of amides is 2. The number of rotatable bonds is 4. The fourth-order valence-electron chi connectivity index (χ4n) is 4.45. The predicted molar refractivity (Wildman–Crippen MR) is 110 cm³/mol. The Balaban J connectivity index is 1.67. The van der Waals surface area contributed by atoms with Crippen LogP contribution in [0.25, 0.3) is 11.0 Å². The van der Waals surface area contributed by atoms with E-state index in [0.29, 0.717) is 11.9 Å². The van der Waals surface area contributed by atoms with E-state index in [4.69, 9.17) is 5.11 Å². The number of aliphatic carboxylic acids is 1. The Morgan fingerprint density at radius 2 is 1.90 bits per heavy atom. The lowest BCUT2D eigenvalue weighted by Crippen LogP contribution is -2.44. The van der Waals surface area contributed by atoms with Crippen molar-refractivity contribution in [3.8, 4) is 0 Å². The Labute approximate surface area is 172 Å². The van der Waals surface area contributed by atoms with Crippen LogP contribution in [-0.4, -0.2) is 45.1 Å². The normalized spacial score (nSPS) is 20.8. The second-order valence-electron chi connectivity index (χ2n) is 7.85. The quantitative estimate of drug-likeness (QED) is 0.576. The number of carbonyl (C=O) groups excluding carboxylic acids is 2. The number of aromatic nitrogens is 2. The van der Waals surface area contributed by atoms with Crippen LogP contribution in [-0.2, 0) is 21.4 Å². The van der Waals surface area contributed by atoms with Gasteiger partial charge in [0, 0.05) is 32.6 Å². The van der Waals surface area contributed by atoms with Gasteiger partial charge in [-0.1, -0.05) is 12.1 Å². The molecule has 30 heavy (non-hydrogen) atoms. The topological polar surface area (TPSA) is 114 Å². The van der Waals surface area contributed by atoms with Crippen LogP contribution in [0.1, 0.15) is 31.7 Å². The predicted octanol–water partition coefficient (Wildman–Crippen LogP) is 1.17. The van der Waals surface area contributed by atoms with Gasteiger partial charge >= 0.3 is 11.7 Å². The highest BCUT2D eigenvalue weighted by Crippen LogP contribution is 2.32. The summed E-state index contributed by atoms with van der Waals surface area (Å²) >= 11 is 0. The van der Waals surface area contributed by atoms with Crippen molar-refractivity contribution in [1.82, 2.24) is 14.5 Å². The molecule has 1 unspecified atom stereocenters. The Morgan fingerprint density at radius 3 is 2.57 bits per heavy atom. The van der Waals surface area contributed by atoms with Gasteiger partial charge < -0.3 is 10.0 Å². The number of hydrogen-bond donors (Lipinski definition) is 2. The van der Waals surface area contributed by atoms with Gasteiger partial charge in [-0.05, 0) is 37.3 Å². The zero-order chi connectivity index (χ0) is 21.4. The molecule has 2 amide bonds. The van der Waals surface area contributed by atoms with Crippen LogP contribution in [0.2, 0.25) is 0 Å². The highest BCUT2D eigenvalue weighted by molar-refractivity contribution is 6.00. The lowest BCUT2D eigenvalue weighted by molar-refractivity contribution is -0.136. The summed E-state index contributed by atoms with van der Waals surface area (Å²) in [4.78, 5) is 49.9. The summed E-state index contributed by atoms with van der Waals surface area (Å²) in [6.07, 6.45) is 5.09. The number of nitrogens with one attached hydrogen (secondary N) is 1. The van der Waals surface area contributed by atoms with Gasteiger partial charge in [-0.2, -0.15) is 0 Å². The third-order valence-corrected chi connectivity index (χ3v) is 5.99. The van der Waals surface area contributed by atoms with Crippen molar-refractivity contribution >= 4 is 34.5 Å². The van der Waals surface area contributed by atoms with Gasteiger partial charge in [0.05, 0.1) is 16.7 Å². The summed E-state index contributed by atoms with van der Waals surface area (Å²) in [6.45, 7) is 1.48. The second kappa shape index (κ2) is 7.81. The molecule has 158 valence electrons. The molecule has 2 N–H and O–H groups in total. The monoisotopic (exact) mass is 412 g/mol. The lowest BCUT2D eigenvalue weighted by atomic mass is 9.96. The smallest absolute Gasteiger partial charge is 0.329 e. The third kappa shape index (κ3) is 3.51. The van der Waals surface area contributed by atoms with Crippen molar-refractivity contribution in [3.05, 3.63) is 40.8 Å². The van der Waals surface area contributed by atoms with Gasteiger partial charge in [0.25, 0.3) is 0 Å². The maximum atomic E-state index is 13.0. The number of carbonyl (C=O) groups is 3. The minimum absolute atomic E-state index is 0.205. The molecule has 0 bridgehead atoms. The molecule has 1 atom stereocenters. The van der Waals surface area contributed by atoms with Crippen LogP contribution < -0.4 is 15.9 Å².